The Kier molecular flexibility index (Phi) is 7.11. The molecule has 3 aliphatic heterocycles. The number of amides is 3. The van der Waals surface area contributed by atoms with Crippen molar-refractivity contribution in [2.75, 3.05) is 26.8 Å². The first-order valence-corrected chi connectivity index (χ1v) is 13.5. The highest BCUT2D eigenvalue weighted by Crippen LogP contribution is 2.29. The molecule has 3 amide bonds. The molecule has 5 heterocycles. The van der Waals surface area contributed by atoms with E-state index in [0.29, 0.717) is 40.3 Å². The second-order valence-corrected chi connectivity index (χ2v) is 10.3. The minimum Gasteiger partial charge on any atom is -0.493 e. The van der Waals surface area contributed by atoms with Gasteiger partial charge in [-0.05, 0) is 48.9 Å². The lowest BCUT2D eigenvalue weighted by Gasteiger charge is -2.21. The molecule has 42 heavy (non-hydrogen) atoms. The van der Waals surface area contributed by atoms with E-state index in [9.17, 15) is 14.4 Å². The third-order valence-corrected chi connectivity index (χ3v) is 7.57. The number of carbonyl (C=O) groups is 3. The Hall–Kier alpha value is -5.13. The van der Waals surface area contributed by atoms with Crippen molar-refractivity contribution in [2.24, 2.45) is 7.05 Å². The highest BCUT2D eigenvalue weighted by atomic mass is 16.5. The monoisotopic (exact) mass is 570 g/mol. The van der Waals surface area contributed by atoms with Gasteiger partial charge in [0.05, 0.1) is 25.3 Å². The number of imidazole rings is 1. The molecular weight excluding hydrogens is 540 g/mol. The minimum absolute atomic E-state index is 0.223. The van der Waals surface area contributed by atoms with Crippen molar-refractivity contribution in [1.82, 2.24) is 30.1 Å². The lowest BCUT2D eigenvalue weighted by Crippen LogP contribution is -2.45. The van der Waals surface area contributed by atoms with Crippen LogP contribution in [0.4, 0.5) is 0 Å². The summed E-state index contributed by atoms with van der Waals surface area (Å²) in [5.74, 6) is 1.05. The van der Waals surface area contributed by atoms with Gasteiger partial charge in [-0.1, -0.05) is 12.1 Å². The van der Waals surface area contributed by atoms with Crippen LogP contribution < -0.4 is 24.8 Å². The maximum Gasteiger partial charge on any atom is 0.258 e. The molecular formula is C30H30N6O6. The maximum atomic E-state index is 13.8. The largest absolute Gasteiger partial charge is 0.493 e. The molecule has 0 saturated carbocycles. The molecule has 2 aromatic heterocycles. The van der Waals surface area contributed by atoms with Gasteiger partial charge in [-0.2, -0.15) is 0 Å². The van der Waals surface area contributed by atoms with Crippen molar-refractivity contribution < 1.29 is 28.6 Å². The van der Waals surface area contributed by atoms with E-state index in [0.717, 1.165) is 11.4 Å². The zero-order valence-electron chi connectivity index (χ0n) is 23.4. The van der Waals surface area contributed by atoms with Crippen molar-refractivity contribution in [3.63, 3.8) is 0 Å². The summed E-state index contributed by atoms with van der Waals surface area (Å²) in [5.41, 5.74) is 2.77. The van der Waals surface area contributed by atoms with E-state index in [1.54, 1.807) is 41.4 Å². The van der Waals surface area contributed by atoms with Crippen LogP contribution in [0.15, 0.2) is 54.7 Å². The molecule has 2 atom stereocenters. The Labute approximate surface area is 241 Å². The van der Waals surface area contributed by atoms with Crippen LogP contribution in [0.1, 0.15) is 32.1 Å². The summed E-state index contributed by atoms with van der Waals surface area (Å²) in [6.07, 6.45) is 1.07. The number of aryl methyl sites for hydroxylation is 2. The van der Waals surface area contributed by atoms with Gasteiger partial charge < -0.3 is 34.3 Å². The van der Waals surface area contributed by atoms with E-state index in [4.69, 9.17) is 14.2 Å². The van der Waals surface area contributed by atoms with Gasteiger partial charge >= 0.3 is 0 Å². The number of aromatic nitrogens is 3. The average molecular weight is 571 g/mol. The van der Waals surface area contributed by atoms with E-state index in [-0.39, 0.29) is 43.2 Å². The summed E-state index contributed by atoms with van der Waals surface area (Å²) in [7, 11) is 3.34. The Morgan fingerprint density at radius 2 is 1.90 bits per heavy atom. The van der Waals surface area contributed by atoms with Crippen LogP contribution in [0.3, 0.4) is 0 Å². The molecule has 1 fully saturated rings. The van der Waals surface area contributed by atoms with Crippen LogP contribution >= 0.6 is 0 Å². The SMILES string of the molecule is COc1ccc2cc1OCC(=O)NCc1ccc(cc1)O[C@H]1CN(C(=O)c3ccnc4c3nc(C)n4C)C[C@@H]1NC2=O. The Morgan fingerprint density at radius 3 is 2.69 bits per heavy atom. The first-order chi connectivity index (χ1) is 20.3. The standard InChI is InChI=1S/C30H30N6O6/c1-17-33-27-21(10-11-31-28(27)35(17)2)30(39)36-14-22-25(15-36)42-20-7-4-18(5-8-20)13-32-26(37)16-41-24-12-19(29(38)34-22)6-9-23(24)40-3/h4-12,22,25H,13-16H2,1-3H3,(H,32,37)(H,34,38)/t22-,25-/m0/s1. The van der Waals surface area contributed by atoms with Gasteiger partial charge in [-0.15, -0.1) is 0 Å². The van der Waals surface area contributed by atoms with Crippen molar-refractivity contribution in [3.05, 3.63) is 77.2 Å². The molecule has 7 rings (SSSR count). The summed E-state index contributed by atoms with van der Waals surface area (Å²) in [5, 5.41) is 5.86. The number of ether oxygens (including phenoxy) is 3. The first kappa shape index (κ1) is 27.1. The topological polar surface area (TPSA) is 137 Å². The van der Waals surface area contributed by atoms with Crippen LogP contribution in [0.2, 0.25) is 0 Å². The van der Waals surface area contributed by atoms with Crippen molar-refractivity contribution in [3.8, 4) is 17.2 Å². The van der Waals surface area contributed by atoms with Gasteiger partial charge in [-0.3, -0.25) is 14.4 Å². The number of pyridine rings is 1. The lowest BCUT2D eigenvalue weighted by atomic mass is 10.1. The summed E-state index contributed by atoms with van der Waals surface area (Å²) >= 11 is 0. The van der Waals surface area contributed by atoms with Gasteiger partial charge in [0.1, 0.15) is 23.2 Å². The van der Waals surface area contributed by atoms with E-state index in [2.05, 4.69) is 20.6 Å². The number of rotatable bonds is 2. The number of hydrogen-bond acceptors (Lipinski definition) is 8. The molecule has 1 saturated heterocycles. The summed E-state index contributed by atoms with van der Waals surface area (Å²) in [6.45, 7) is 2.39. The molecule has 2 N–H and O–H groups in total. The fourth-order valence-electron chi connectivity index (χ4n) is 5.17. The van der Waals surface area contributed by atoms with E-state index >= 15 is 0 Å². The summed E-state index contributed by atoms with van der Waals surface area (Å²) in [4.78, 5) is 50.3. The van der Waals surface area contributed by atoms with Crippen molar-refractivity contribution in [2.45, 2.75) is 25.6 Å². The number of nitrogens with one attached hydrogen (secondary N) is 2. The molecule has 0 unspecified atom stereocenters. The van der Waals surface area contributed by atoms with E-state index in [1.165, 1.54) is 13.2 Å². The van der Waals surface area contributed by atoms with Crippen LogP contribution in [-0.4, -0.2) is 76.1 Å². The van der Waals surface area contributed by atoms with E-state index in [1.807, 2.05) is 30.7 Å². The highest BCUT2D eigenvalue weighted by molar-refractivity contribution is 6.04. The molecule has 0 radical (unpaired) electrons. The quantitative estimate of drug-likeness (QED) is 0.374. The molecule has 2 aromatic carbocycles. The predicted molar refractivity (Wildman–Crippen MR) is 152 cm³/mol. The molecule has 0 spiro atoms. The zero-order valence-corrected chi connectivity index (χ0v) is 23.4. The van der Waals surface area contributed by atoms with Crippen molar-refractivity contribution >= 4 is 28.9 Å². The number of benzene rings is 2. The van der Waals surface area contributed by atoms with Gasteiger partial charge in [0.25, 0.3) is 17.7 Å². The molecule has 4 aromatic rings. The number of hydrogen-bond donors (Lipinski definition) is 2. The highest BCUT2D eigenvalue weighted by Gasteiger charge is 2.39. The summed E-state index contributed by atoms with van der Waals surface area (Å²) in [6, 6.07) is 13.2. The lowest BCUT2D eigenvalue weighted by molar-refractivity contribution is -0.123. The maximum absolute atomic E-state index is 13.8. The fourth-order valence-corrected chi connectivity index (χ4v) is 5.17. The number of fused-ring (bicyclic) bond motifs is 8. The molecule has 4 bridgehead atoms. The third-order valence-electron chi connectivity index (χ3n) is 7.57. The number of methoxy groups -OCH3 is 1. The van der Waals surface area contributed by atoms with Crippen LogP contribution in [-0.2, 0) is 18.4 Å². The average Bonchev–Trinajstić information content (AvgIpc) is 3.53. The number of carbonyl (C=O) groups excluding carboxylic acids is 3. The van der Waals surface area contributed by atoms with Crippen LogP contribution in [0, 0.1) is 6.92 Å². The van der Waals surface area contributed by atoms with Gasteiger partial charge in [0.2, 0.25) is 0 Å². The Morgan fingerprint density at radius 1 is 1.10 bits per heavy atom. The molecule has 12 nitrogen and oxygen atoms in total. The Bertz CT molecular complexity index is 1680. The summed E-state index contributed by atoms with van der Waals surface area (Å²) < 4.78 is 19.2. The smallest absolute Gasteiger partial charge is 0.258 e. The number of nitrogens with zero attached hydrogens (tertiary/aromatic N) is 4. The molecule has 3 aliphatic rings. The van der Waals surface area contributed by atoms with E-state index < -0.39 is 12.1 Å². The predicted octanol–water partition coefficient (Wildman–Crippen LogP) is 2.00. The molecule has 12 heteroatoms. The second-order valence-electron chi connectivity index (χ2n) is 10.3. The first-order valence-electron chi connectivity index (χ1n) is 13.5. The minimum atomic E-state index is -0.532. The third kappa shape index (κ3) is 5.18. The number of likely N-dealkylation sites (tertiary alicyclic amines) is 1. The van der Waals surface area contributed by atoms with Gasteiger partial charge in [-0.25, -0.2) is 9.97 Å². The van der Waals surface area contributed by atoms with Crippen molar-refractivity contribution in [1.29, 1.82) is 0 Å². The Balaban J connectivity index is 1.32. The van der Waals surface area contributed by atoms with Crippen LogP contribution in [0.25, 0.3) is 11.2 Å². The zero-order chi connectivity index (χ0) is 29.4. The van der Waals surface area contributed by atoms with Gasteiger partial charge in [0, 0.05) is 31.9 Å². The molecule has 0 aliphatic carbocycles. The van der Waals surface area contributed by atoms with Gasteiger partial charge in [0.15, 0.2) is 23.8 Å². The fraction of sp³-hybridized carbons (Fsp3) is 0.300. The normalized spacial score (nSPS) is 18.9. The van der Waals surface area contributed by atoms with Crippen LogP contribution in [0.5, 0.6) is 17.2 Å². The second kappa shape index (κ2) is 11.0. The molecule has 216 valence electrons.